The van der Waals surface area contributed by atoms with Gasteiger partial charge in [-0.05, 0) is 46.1 Å². The van der Waals surface area contributed by atoms with Crippen LogP contribution in [-0.4, -0.2) is 5.16 Å². The minimum Gasteiger partial charge on any atom is -0.367 e. The Kier molecular flexibility index (Phi) is 3.87. The minimum atomic E-state index is 0.316. The van der Waals surface area contributed by atoms with E-state index in [0.717, 1.165) is 36.9 Å². The lowest BCUT2D eigenvalue weighted by Crippen LogP contribution is -1.89. The van der Waals surface area contributed by atoms with Crippen LogP contribution in [0, 0.1) is 6.92 Å². The average Bonchev–Trinajstić information content (AvgIpc) is 2.83. The van der Waals surface area contributed by atoms with Crippen LogP contribution in [0.15, 0.2) is 55.9 Å². The highest BCUT2D eigenvalue weighted by atomic mass is 79.9. The molecule has 3 aromatic rings. The van der Waals surface area contributed by atoms with Crippen LogP contribution >= 0.6 is 31.9 Å². The third-order valence-electron chi connectivity index (χ3n) is 3.28. The minimum absolute atomic E-state index is 0.316. The van der Waals surface area contributed by atoms with Gasteiger partial charge in [0.1, 0.15) is 5.69 Å². The van der Waals surface area contributed by atoms with Crippen LogP contribution < -0.4 is 5.73 Å². The van der Waals surface area contributed by atoms with E-state index in [0.29, 0.717) is 5.88 Å². The lowest BCUT2D eigenvalue weighted by molar-refractivity contribution is 0.439. The first-order chi connectivity index (χ1) is 10.1. The number of benzene rings is 2. The topological polar surface area (TPSA) is 52.0 Å². The van der Waals surface area contributed by atoms with Crippen molar-refractivity contribution < 1.29 is 4.52 Å². The van der Waals surface area contributed by atoms with Gasteiger partial charge in [-0.2, -0.15) is 0 Å². The number of nitrogens with two attached hydrogens (primary N) is 1. The Balaban J connectivity index is 2.24. The van der Waals surface area contributed by atoms with Crippen LogP contribution in [0.25, 0.3) is 22.4 Å². The summed E-state index contributed by atoms with van der Waals surface area (Å²) in [6.07, 6.45) is 0. The molecule has 0 saturated carbocycles. The van der Waals surface area contributed by atoms with Crippen LogP contribution in [0.1, 0.15) is 5.56 Å². The number of anilines is 1. The van der Waals surface area contributed by atoms with E-state index >= 15 is 0 Å². The fourth-order valence-electron chi connectivity index (χ4n) is 2.24. The molecule has 0 bridgehead atoms. The maximum Gasteiger partial charge on any atom is 0.230 e. The highest BCUT2D eigenvalue weighted by molar-refractivity contribution is 9.10. The lowest BCUT2D eigenvalue weighted by Gasteiger charge is -2.07. The van der Waals surface area contributed by atoms with Gasteiger partial charge in [0.2, 0.25) is 5.88 Å². The molecular weight excluding hydrogens is 396 g/mol. The molecule has 1 heterocycles. The third-order valence-corrected chi connectivity index (χ3v) is 4.82. The summed E-state index contributed by atoms with van der Waals surface area (Å²) in [7, 11) is 0. The molecule has 0 aliphatic heterocycles. The molecule has 0 saturated heterocycles. The summed E-state index contributed by atoms with van der Waals surface area (Å²) in [5.74, 6) is 0.316. The predicted molar refractivity (Wildman–Crippen MR) is 91.9 cm³/mol. The van der Waals surface area contributed by atoms with Gasteiger partial charge in [0.25, 0.3) is 0 Å². The van der Waals surface area contributed by atoms with E-state index in [9.17, 15) is 0 Å². The molecule has 0 atom stereocenters. The largest absolute Gasteiger partial charge is 0.367 e. The monoisotopic (exact) mass is 406 g/mol. The summed E-state index contributed by atoms with van der Waals surface area (Å²) in [6, 6.07) is 13.9. The van der Waals surface area contributed by atoms with Gasteiger partial charge in [-0.1, -0.05) is 51.4 Å². The van der Waals surface area contributed by atoms with Crippen molar-refractivity contribution in [1.82, 2.24) is 5.16 Å². The normalized spacial score (nSPS) is 10.8. The molecule has 5 heteroatoms. The van der Waals surface area contributed by atoms with Crippen molar-refractivity contribution in [2.75, 3.05) is 5.73 Å². The van der Waals surface area contributed by atoms with E-state index in [1.165, 1.54) is 0 Å². The van der Waals surface area contributed by atoms with Gasteiger partial charge in [-0.3, -0.25) is 0 Å². The Bertz CT molecular complexity index is 812. The summed E-state index contributed by atoms with van der Waals surface area (Å²) < 4.78 is 7.21. The third kappa shape index (κ3) is 2.63. The maximum atomic E-state index is 5.99. The quantitative estimate of drug-likeness (QED) is 0.616. The van der Waals surface area contributed by atoms with Crippen molar-refractivity contribution in [1.29, 1.82) is 0 Å². The number of hydrogen-bond donors (Lipinski definition) is 1. The number of nitrogens with zero attached hydrogens (tertiary/aromatic N) is 1. The molecule has 0 radical (unpaired) electrons. The molecule has 3 nitrogen and oxygen atoms in total. The predicted octanol–water partition coefficient (Wildman–Crippen LogP) is 5.42. The fraction of sp³-hybridized carbons (Fsp3) is 0.0625. The lowest BCUT2D eigenvalue weighted by atomic mass is 10.00. The van der Waals surface area contributed by atoms with E-state index in [-0.39, 0.29) is 0 Å². The number of nitrogen functional groups attached to an aromatic ring is 1. The van der Waals surface area contributed by atoms with Crippen molar-refractivity contribution >= 4 is 37.7 Å². The van der Waals surface area contributed by atoms with Crippen molar-refractivity contribution in [2.24, 2.45) is 0 Å². The smallest absolute Gasteiger partial charge is 0.230 e. The summed E-state index contributed by atoms with van der Waals surface area (Å²) in [5, 5.41) is 4.15. The highest BCUT2D eigenvalue weighted by Crippen LogP contribution is 2.40. The second kappa shape index (κ2) is 5.66. The SMILES string of the molecule is Cc1cccc(-c2noc(N)c2-c2cccc(Br)c2)c1Br. The molecule has 2 aromatic carbocycles. The Labute approximate surface area is 139 Å². The van der Waals surface area contributed by atoms with E-state index in [1.54, 1.807) is 0 Å². The van der Waals surface area contributed by atoms with Gasteiger partial charge >= 0.3 is 0 Å². The first-order valence-corrected chi connectivity index (χ1v) is 7.93. The van der Waals surface area contributed by atoms with Crippen LogP contribution in [-0.2, 0) is 0 Å². The van der Waals surface area contributed by atoms with E-state index < -0.39 is 0 Å². The fourth-order valence-corrected chi connectivity index (χ4v) is 3.09. The Morgan fingerprint density at radius 1 is 1.10 bits per heavy atom. The molecule has 0 spiro atoms. The molecule has 2 N–H and O–H groups in total. The van der Waals surface area contributed by atoms with Crippen LogP contribution in [0.2, 0.25) is 0 Å². The van der Waals surface area contributed by atoms with Crippen molar-refractivity contribution in [3.05, 3.63) is 57.0 Å². The molecule has 106 valence electrons. The van der Waals surface area contributed by atoms with Gasteiger partial charge in [-0.15, -0.1) is 0 Å². The Hall–Kier alpha value is -1.59. The van der Waals surface area contributed by atoms with Crippen molar-refractivity contribution in [2.45, 2.75) is 6.92 Å². The second-order valence-electron chi connectivity index (χ2n) is 4.72. The molecule has 0 aliphatic rings. The number of aryl methyl sites for hydroxylation is 1. The summed E-state index contributed by atoms with van der Waals surface area (Å²) in [4.78, 5) is 0. The summed E-state index contributed by atoms with van der Waals surface area (Å²) >= 11 is 7.09. The molecule has 0 fully saturated rings. The van der Waals surface area contributed by atoms with Crippen LogP contribution in [0.5, 0.6) is 0 Å². The average molecular weight is 408 g/mol. The molecule has 3 rings (SSSR count). The Morgan fingerprint density at radius 2 is 1.86 bits per heavy atom. The van der Waals surface area contributed by atoms with Gasteiger partial charge in [-0.25, -0.2) is 0 Å². The first-order valence-electron chi connectivity index (χ1n) is 6.34. The van der Waals surface area contributed by atoms with Gasteiger partial charge in [0, 0.05) is 14.5 Å². The van der Waals surface area contributed by atoms with E-state index in [4.69, 9.17) is 10.3 Å². The van der Waals surface area contributed by atoms with Gasteiger partial charge < -0.3 is 10.3 Å². The Morgan fingerprint density at radius 3 is 2.62 bits per heavy atom. The standard InChI is InChI=1S/C16H12Br2N2O/c1-9-4-2-7-12(14(9)18)15-13(16(19)21-20-15)10-5-3-6-11(17)8-10/h2-8H,19H2,1H3. The molecule has 0 aliphatic carbocycles. The van der Waals surface area contributed by atoms with Crippen LogP contribution in [0.4, 0.5) is 5.88 Å². The molecule has 1 aromatic heterocycles. The second-order valence-corrected chi connectivity index (χ2v) is 6.43. The first kappa shape index (κ1) is 14.4. The van der Waals surface area contributed by atoms with Gasteiger partial charge in [0.05, 0.1) is 5.56 Å². The van der Waals surface area contributed by atoms with E-state index in [1.807, 2.05) is 49.4 Å². The highest BCUT2D eigenvalue weighted by Gasteiger charge is 2.19. The summed E-state index contributed by atoms with van der Waals surface area (Å²) in [5.41, 5.74) is 10.6. The van der Waals surface area contributed by atoms with E-state index in [2.05, 4.69) is 37.0 Å². The number of aromatic nitrogens is 1. The molecule has 0 amide bonds. The van der Waals surface area contributed by atoms with Crippen molar-refractivity contribution in [3.63, 3.8) is 0 Å². The molecule has 0 unspecified atom stereocenters. The van der Waals surface area contributed by atoms with Gasteiger partial charge in [0.15, 0.2) is 0 Å². The number of rotatable bonds is 2. The number of halogens is 2. The maximum absolute atomic E-state index is 5.99. The van der Waals surface area contributed by atoms with Crippen molar-refractivity contribution in [3.8, 4) is 22.4 Å². The zero-order chi connectivity index (χ0) is 15.0. The van der Waals surface area contributed by atoms with Crippen LogP contribution in [0.3, 0.4) is 0 Å². The zero-order valence-electron chi connectivity index (χ0n) is 11.2. The summed E-state index contributed by atoms with van der Waals surface area (Å²) in [6.45, 7) is 2.04. The molecular formula is C16H12Br2N2O. The number of hydrogen-bond acceptors (Lipinski definition) is 3. The zero-order valence-corrected chi connectivity index (χ0v) is 14.4. The molecule has 21 heavy (non-hydrogen) atoms.